The first-order chi connectivity index (χ1) is 12.2. The molecule has 130 valence electrons. The van der Waals surface area contributed by atoms with E-state index in [1.54, 1.807) is 6.20 Å². The molecular formula is C19H23N5O. The highest BCUT2D eigenvalue weighted by Gasteiger charge is 2.28. The van der Waals surface area contributed by atoms with Gasteiger partial charge in [0.25, 0.3) is 0 Å². The van der Waals surface area contributed by atoms with Crippen LogP contribution < -0.4 is 10.2 Å². The van der Waals surface area contributed by atoms with Crippen molar-refractivity contribution in [1.29, 1.82) is 0 Å². The monoisotopic (exact) mass is 337 g/mol. The molecule has 4 rings (SSSR count). The quantitative estimate of drug-likeness (QED) is 0.903. The molecule has 0 radical (unpaired) electrons. The molecule has 2 aromatic heterocycles. The molecule has 1 aliphatic heterocycles. The van der Waals surface area contributed by atoms with Crippen LogP contribution in [0.5, 0.6) is 0 Å². The van der Waals surface area contributed by atoms with Crippen molar-refractivity contribution in [3.63, 3.8) is 0 Å². The lowest BCUT2D eigenvalue weighted by atomic mass is 10.2. The maximum absolute atomic E-state index is 12.3. The summed E-state index contributed by atoms with van der Waals surface area (Å²) < 4.78 is 0. The van der Waals surface area contributed by atoms with E-state index in [9.17, 15) is 4.79 Å². The van der Waals surface area contributed by atoms with Crippen LogP contribution in [0.15, 0.2) is 30.6 Å². The lowest BCUT2D eigenvalue weighted by Crippen LogP contribution is -2.38. The van der Waals surface area contributed by atoms with Crippen molar-refractivity contribution in [3.8, 4) is 0 Å². The van der Waals surface area contributed by atoms with E-state index in [2.05, 4.69) is 20.2 Å². The van der Waals surface area contributed by atoms with E-state index < -0.39 is 0 Å². The molecule has 1 atom stereocenters. The van der Waals surface area contributed by atoms with Gasteiger partial charge in [-0.1, -0.05) is 0 Å². The lowest BCUT2D eigenvalue weighted by molar-refractivity contribution is -0.121. The molecule has 0 aromatic carbocycles. The standard InChI is InChI=1S/C19H23N5O/c1-13-4-7-20-16(10-13)11-18(25)22-15-6-9-24(12-15)19-21-8-5-17(23-19)14-2-3-14/h4-5,7-8,10,14-15H,2-3,6,9,11-12H2,1H3,(H,22,25). The van der Waals surface area contributed by atoms with Gasteiger partial charge < -0.3 is 10.2 Å². The fourth-order valence-corrected chi connectivity index (χ4v) is 3.32. The summed E-state index contributed by atoms with van der Waals surface area (Å²) in [7, 11) is 0. The Morgan fingerprint density at radius 2 is 2.08 bits per heavy atom. The molecular weight excluding hydrogens is 314 g/mol. The third kappa shape index (κ3) is 3.95. The zero-order chi connectivity index (χ0) is 17.2. The summed E-state index contributed by atoms with van der Waals surface area (Å²) >= 11 is 0. The number of aryl methyl sites for hydroxylation is 1. The Labute approximate surface area is 147 Å². The minimum Gasteiger partial charge on any atom is -0.351 e. The van der Waals surface area contributed by atoms with Crippen molar-refractivity contribution in [1.82, 2.24) is 20.3 Å². The summed E-state index contributed by atoms with van der Waals surface area (Å²) in [6.45, 7) is 3.65. The smallest absolute Gasteiger partial charge is 0.226 e. The first kappa shape index (κ1) is 16.0. The van der Waals surface area contributed by atoms with Crippen molar-refractivity contribution in [2.75, 3.05) is 18.0 Å². The van der Waals surface area contributed by atoms with Gasteiger partial charge in [-0.25, -0.2) is 9.97 Å². The Bertz CT molecular complexity index is 774. The Morgan fingerprint density at radius 3 is 2.88 bits per heavy atom. The first-order valence-corrected chi connectivity index (χ1v) is 8.96. The largest absolute Gasteiger partial charge is 0.351 e. The highest BCUT2D eigenvalue weighted by molar-refractivity contribution is 5.78. The van der Waals surface area contributed by atoms with E-state index in [0.717, 1.165) is 42.4 Å². The van der Waals surface area contributed by atoms with Crippen LogP contribution in [-0.4, -0.2) is 40.0 Å². The Kier molecular flexibility index (Phi) is 4.34. The van der Waals surface area contributed by atoms with Gasteiger partial charge in [0, 0.05) is 48.8 Å². The van der Waals surface area contributed by atoms with Crippen LogP contribution >= 0.6 is 0 Å². The molecule has 2 fully saturated rings. The fraction of sp³-hybridized carbons (Fsp3) is 0.474. The predicted molar refractivity (Wildman–Crippen MR) is 95.4 cm³/mol. The Balaban J connectivity index is 1.33. The molecule has 0 spiro atoms. The number of rotatable bonds is 5. The van der Waals surface area contributed by atoms with E-state index >= 15 is 0 Å². The third-order valence-corrected chi connectivity index (χ3v) is 4.81. The number of pyridine rings is 1. The van der Waals surface area contributed by atoms with Crippen LogP contribution in [0.3, 0.4) is 0 Å². The van der Waals surface area contributed by atoms with Gasteiger partial charge in [-0.15, -0.1) is 0 Å². The average Bonchev–Trinajstić information content (AvgIpc) is 3.35. The van der Waals surface area contributed by atoms with E-state index in [0.29, 0.717) is 12.3 Å². The van der Waals surface area contributed by atoms with E-state index in [4.69, 9.17) is 4.98 Å². The van der Waals surface area contributed by atoms with Gasteiger partial charge in [0.1, 0.15) is 0 Å². The van der Waals surface area contributed by atoms with Gasteiger partial charge in [-0.05, 0) is 49.9 Å². The zero-order valence-electron chi connectivity index (χ0n) is 14.5. The maximum atomic E-state index is 12.3. The van der Waals surface area contributed by atoms with Crippen LogP contribution in [0.2, 0.25) is 0 Å². The van der Waals surface area contributed by atoms with Gasteiger partial charge >= 0.3 is 0 Å². The van der Waals surface area contributed by atoms with Crippen LogP contribution in [-0.2, 0) is 11.2 Å². The Morgan fingerprint density at radius 1 is 1.24 bits per heavy atom. The molecule has 1 amide bonds. The molecule has 1 N–H and O–H groups in total. The number of anilines is 1. The van der Waals surface area contributed by atoms with E-state index in [-0.39, 0.29) is 11.9 Å². The minimum absolute atomic E-state index is 0.0256. The summed E-state index contributed by atoms with van der Waals surface area (Å²) in [5, 5.41) is 3.12. The summed E-state index contributed by atoms with van der Waals surface area (Å²) in [6.07, 6.45) is 7.32. The Hall–Kier alpha value is -2.50. The van der Waals surface area contributed by atoms with Crippen molar-refractivity contribution in [2.45, 2.75) is 44.6 Å². The minimum atomic E-state index is 0.0256. The molecule has 1 saturated heterocycles. The van der Waals surface area contributed by atoms with Crippen LogP contribution in [0.4, 0.5) is 5.95 Å². The van der Waals surface area contributed by atoms with Gasteiger partial charge in [0.2, 0.25) is 11.9 Å². The van der Waals surface area contributed by atoms with Crippen LogP contribution in [0, 0.1) is 6.92 Å². The maximum Gasteiger partial charge on any atom is 0.226 e. The number of hydrogen-bond donors (Lipinski definition) is 1. The summed E-state index contributed by atoms with van der Waals surface area (Å²) in [5.41, 5.74) is 3.09. The SMILES string of the molecule is Cc1ccnc(CC(=O)NC2CCN(c3nccc(C4CC4)n3)C2)c1. The number of nitrogens with one attached hydrogen (secondary N) is 1. The second-order valence-corrected chi connectivity index (χ2v) is 7.06. The molecule has 6 nitrogen and oxygen atoms in total. The van der Waals surface area contributed by atoms with Gasteiger partial charge in [0.15, 0.2) is 0 Å². The van der Waals surface area contributed by atoms with Gasteiger partial charge in [-0.3, -0.25) is 9.78 Å². The van der Waals surface area contributed by atoms with E-state index in [1.165, 1.54) is 12.8 Å². The number of carbonyl (C=O) groups excluding carboxylic acids is 1. The number of hydrogen-bond acceptors (Lipinski definition) is 5. The van der Waals surface area contributed by atoms with E-state index in [1.807, 2.05) is 31.3 Å². The van der Waals surface area contributed by atoms with Gasteiger partial charge in [0.05, 0.1) is 6.42 Å². The average molecular weight is 337 g/mol. The van der Waals surface area contributed by atoms with Crippen molar-refractivity contribution >= 4 is 11.9 Å². The summed E-state index contributed by atoms with van der Waals surface area (Å²) in [4.78, 5) is 27.8. The number of amides is 1. The van der Waals surface area contributed by atoms with Crippen molar-refractivity contribution < 1.29 is 4.79 Å². The summed E-state index contributed by atoms with van der Waals surface area (Å²) in [6, 6.07) is 6.06. The van der Waals surface area contributed by atoms with Gasteiger partial charge in [-0.2, -0.15) is 0 Å². The first-order valence-electron chi connectivity index (χ1n) is 8.96. The molecule has 3 heterocycles. The number of nitrogens with zero attached hydrogens (tertiary/aromatic N) is 4. The zero-order valence-corrected chi connectivity index (χ0v) is 14.5. The molecule has 2 aromatic rings. The molecule has 6 heteroatoms. The lowest BCUT2D eigenvalue weighted by Gasteiger charge is -2.17. The molecule has 1 aliphatic carbocycles. The molecule has 1 unspecified atom stereocenters. The number of carbonyl (C=O) groups is 1. The van der Waals surface area contributed by atoms with Crippen molar-refractivity contribution in [2.24, 2.45) is 0 Å². The molecule has 0 bridgehead atoms. The third-order valence-electron chi connectivity index (χ3n) is 4.81. The fourth-order valence-electron chi connectivity index (χ4n) is 3.32. The molecule has 2 aliphatic rings. The second kappa shape index (κ2) is 6.78. The van der Waals surface area contributed by atoms with Crippen molar-refractivity contribution in [3.05, 3.63) is 47.5 Å². The summed E-state index contributed by atoms with van der Waals surface area (Å²) in [5.74, 6) is 1.45. The highest BCUT2D eigenvalue weighted by Crippen LogP contribution is 2.39. The predicted octanol–water partition coefficient (Wildman–Crippen LogP) is 2.00. The molecule has 25 heavy (non-hydrogen) atoms. The number of aromatic nitrogens is 3. The molecule has 1 saturated carbocycles. The second-order valence-electron chi connectivity index (χ2n) is 7.06. The van der Waals surface area contributed by atoms with Crippen LogP contribution in [0.1, 0.15) is 42.1 Å². The van der Waals surface area contributed by atoms with Crippen LogP contribution in [0.25, 0.3) is 0 Å². The normalized spacial score (nSPS) is 19.9. The highest BCUT2D eigenvalue weighted by atomic mass is 16.1. The topological polar surface area (TPSA) is 71.0 Å².